The standard InChI is InChI=1S/C24H26N4O3/c1-4-16-7-5-6-8-18(16)25-21(29)13-20-24(30)26-23-22(17-11-9-15(2)10-12-17)19(14-31-3)27-28(20)23/h5-12,20H,4,13-14H2,1-3H3,(H,25,29)(H,26,30). The molecule has 2 heterocycles. The second kappa shape index (κ2) is 8.73. The first-order valence-corrected chi connectivity index (χ1v) is 10.4. The quantitative estimate of drug-likeness (QED) is 0.605. The maximum atomic E-state index is 12.8. The molecular weight excluding hydrogens is 392 g/mol. The molecule has 4 rings (SSSR count). The highest BCUT2D eigenvalue weighted by atomic mass is 16.5. The molecule has 2 N–H and O–H groups in total. The van der Waals surface area contributed by atoms with Crippen molar-refractivity contribution in [3.8, 4) is 11.1 Å². The first-order chi connectivity index (χ1) is 15.0. The zero-order valence-electron chi connectivity index (χ0n) is 17.9. The first kappa shape index (κ1) is 20.8. The van der Waals surface area contributed by atoms with E-state index in [1.54, 1.807) is 11.8 Å². The van der Waals surface area contributed by atoms with Gasteiger partial charge < -0.3 is 15.4 Å². The van der Waals surface area contributed by atoms with Crippen LogP contribution in [0.1, 0.15) is 36.2 Å². The van der Waals surface area contributed by atoms with Gasteiger partial charge in [-0.15, -0.1) is 0 Å². The van der Waals surface area contributed by atoms with E-state index in [2.05, 4.69) is 15.7 Å². The average Bonchev–Trinajstić information content (AvgIpc) is 3.24. The number of benzene rings is 2. The summed E-state index contributed by atoms with van der Waals surface area (Å²) in [5.74, 6) is 0.140. The third kappa shape index (κ3) is 4.09. The molecule has 3 aromatic rings. The highest BCUT2D eigenvalue weighted by Gasteiger charge is 2.37. The van der Waals surface area contributed by atoms with Crippen molar-refractivity contribution in [2.24, 2.45) is 0 Å². The van der Waals surface area contributed by atoms with Gasteiger partial charge in [-0.3, -0.25) is 9.59 Å². The van der Waals surface area contributed by atoms with Crippen LogP contribution in [0.25, 0.3) is 11.1 Å². The second-order valence-corrected chi connectivity index (χ2v) is 7.68. The second-order valence-electron chi connectivity index (χ2n) is 7.68. The monoisotopic (exact) mass is 418 g/mol. The molecule has 0 saturated carbocycles. The van der Waals surface area contributed by atoms with Gasteiger partial charge in [-0.2, -0.15) is 5.10 Å². The van der Waals surface area contributed by atoms with E-state index < -0.39 is 6.04 Å². The van der Waals surface area contributed by atoms with Gasteiger partial charge in [0.05, 0.1) is 18.7 Å². The molecule has 0 spiro atoms. The van der Waals surface area contributed by atoms with Gasteiger partial charge in [-0.1, -0.05) is 55.0 Å². The maximum absolute atomic E-state index is 12.8. The van der Waals surface area contributed by atoms with E-state index >= 15 is 0 Å². The highest BCUT2D eigenvalue weighted by Crippen LogP contribution is 2.39. The number of rotatable bonds is 7. The van der Waals surface area contributed by atoms with Crippen molar-refractivity contribution in [2.45, 2.75) is 39.3 Å². The molecule has 1 aromatic heterocycles. The molecular formula is C24H26N4O3. The minimum Gasteiger partial charge on any atom is -0.378 e. The van der Waals surface area contributed by atoms with Gasteiger partial charge in [-0.05, 0) is 30.5 Å². The number of hydrogen-bond acceptors (Lipinski definition) is 4. The van der Waals surface area contributed by atoms with Crippen molar-refractivity contribution >= 4 is 23.3 Å². The van der Waals surface area contributed by atoms with Crippen molar-refractivity contribution in [3.05, 3.63) is 65.4 Å². The third-order valence-corrected chi connectivity index (χ3v) is 5.49. The Hall–Kier alpha value is -3.45. The van der Waals surface area contributed by atoms with Gasteiger partial charge in [0.1, 0.15) is 11.9 Å². The average molecular weight is 418 g/mol. The largest absolute Gasteiger partial charge is 0.378 e. The van der Waals surface area contributed by atoms with Gasteiger partial charge in [0.2, 0.25) is 5.91 Å². The molecule has 0 radical (unpaired) electrons. The van der Waals surface area contributed by atoms with Crippen LogP contribution in [0.3, 0.4) is 0 Å². The van der Waals surface area contributed by atoms with Crippen LogP contribution < -0.4 is 10.6 Å². The fraction of sp³-hybridized carbons (Fsp3) is 0.292. The van der Waals surface area contributed by atoms with Crippen molar-refractivity contribution in [1.82, 2.24) is 9.78 Å². The summed E-state index contributed by atoms with van der Waals surface area (Å²) >= 11 is 0. The Labute approximate surface area is 181 Å². The Morgan fingerprint density at radius 2 is 1.94 bits per heavy atom. The molecule has 0 saturated heterocycles. The van der Waals surface area contributed by atoms with E-state index in [1.807, 2.05) is 62.4 Å². The maximum Gasteiger partial charge on any atom is 0.251 e. The summed E-state index contributed by atoms with van der Waals surface area (Å²) in [4.78, 5) is 25.5. The van der Waals surface area contributed by atoms with Crippen LogP contribution >= 0.6 is 0 Å². The number of hydrogen-bond donors (Lipinski definition) is 2. The van der Waals surface area contributed by atoms with Crippen molar-refractivity contribution in [2.75, 3.05) is 17.7 Å². The summed E-state index contributed by atoms with van der Waals surface area (Å²) in [5.41, 5.74) is 5.47. The summed E-state index contributed by atoms with van der Waals surface area (Å²) in [6.07, 6.45) is 0.808. The smallest absolute Gasteiger partial charge is 0.251 e. The summed E-state index contributed by atoms with van der Waals surface area (Å²) in [6, 6.07) is 15.0. The van der Waals surface area contributed by atoms with Crippen LogP contribution in [-0.4, -0.2) is 28.7 Å². The molecule has 0 fully saturated rings. The molecule has 0 bridgehead atoms. The number of fused-ring (bicyclic) bond motifs is 1. The Balaban J connectivity index is 1.62. The Kier molecular flexibility index (Phi) is 5.86. The van der Waals surface area contributed by atoms with Gasteiger partial charge in [0, 0.05) is 18.4 Å². The molecule has 7 heteroatoms. The number of ether oxygens (including phenoxy) is 1. The summed E-state index contributed by atoms with van der Waals surface area (Å²) < 4.78 is 6.95. The van der Waals surface area contributed by atoms with Gasteiger partial charge in [-0.25, -0.2) is 4.68 Å². The van der Waals surface area contributed by atoms with Crippen LogP contribution in [0.5, 0.6) is 0 Å². The highest BCUT2D eigenvalue weighted by molar-refractivity contribution is 6.04. The van der Waals surface area contributed by atoms with Crippen LogP contribution in [0.2, 0.25) is 0 Å². The van der Waals surface area contributed by atoms with Crippen molar-refractivity contribution < 1.29 is 14.3 Å². The Morgan fingerprint density at radius 3 is 2.65 bits per heavy atom. The Morgan fingerprint density at radius 1 is 1.19 bits per heavy atom. The number of methoxy groups -OCH3 is 1. The van der Waals surface area contributed by atoms with Crippen molar-refractivity contribution in [1.29, 1.82) is 0 Å². The number of aromatic nitrogens is 2. The SMILES string of the molecule is CCc1ccccc1NC(=O)CC1C(=O)Nc2c(-c3ccc(C)cc3)c(COC)nn21. The van der Waals surface area contributed by atoms with Gasteiger partial charge in [0.25, 0.3) is 5.91 Å². The van der Waals surface area contributed by atoms with Gasteiger partial charge >= 0.3 is 0 Å². The number of nitrogens with one attached hydrogen (secondary N) is 2. The van der Waals surface area contributed by atoms with E-state index in [0.29, 0.717) is 12.4 Å². The number of carbonyl (C=O) groups is 2. The number of amides is 2. The normalized spacial score (nSPS) is 14.9. The van der Waals surface area contributed by atoms with E-state index in [-0.39, 0.29) is 18.2 Å². The molecule has 2 aromatic carbocycles. The van der Waals surface area contributed by atoms with Crippen molar-refractivity contribution in [3.63, 3.8) is 0 Å². The molecule has 31 heavy (non-hydrogen) atoms. The third-order valence-electron chi connectivity index (χ3n) is 5.49. The number of anilines is 2. The van der Waals surface area contributed by atoms with Crippen LogP contribution in [0.4, 0.5) is 11.5 Å². The zero-order chi connectivity index (χ0) is 22.0. The topological polar surface area (TPSA) is 85.2 Å². The fourth-order valence-electron chi connectivity index (χ4n) is 3.91. The number of para-hydroxylation sites is 1. The minimum atomic E-state index is -0.710. The summed E-state index contributed by atoms with van der Waals surface area (Å²) in [5, 5.41) is 10.5. The molecule has 1 aliphatic heterocycles. The fourth-order valence-corrected chi connectivity index (χ4v) is 3.91. The molecule has 0 aliphatic carbocycles. The van der Waals surface area contributed by atoms with Gasteiger partial charge in [0.15, 0.2) is 0 Å². The number of nitrogens with zero attached hydrogens (tertiary/aromatic N) is 2. The molecule has 2 amide bonds. The lowest BCUT2D eigenvalue weighted by Gasteiger charge is -2.12. The van der Waals surface area contributed by atoms with Crippen LogP contribution in [-0.2, 0) is 27.4 Å². The van der Waals surface area contributed by atoms with E-state index in [9.17, 15) is 9.59 Å². The van der Waals surface area contributed by atoms with E-state index in [4.69, 9.17) is 4.74 Å². The lowest BCUT2D eigenvalue weighted by molar-refractivity contribution is -0.123. The summed E-state index contributed by atoms with van der Waals surface area (Å²) in [6.45, 7) is 4.37. The number of carbonyl (C=O) groups excluding carboxylic acids is 2. The molecule has 160 valence electrons. The van der Waals surface area contributed by atoms with Crippen LogP contribution in [0, 0.1) is 6.92 Å². The predicted octanol–water partition coefficient (Wildman–Crippen LogP) is 4.09. The lowest BCUT2D eigenvalue weighted by Crippen LogP contribution is -2.24. The Bertz CT molecular complexity index is 1120. The molecule has 7 nitrogen and oxygen atoms in total. The summed E-state index contributed by atoms with van der Waals surface area (Å²) in [7, 11) is 1.61. The predicted molar refractivity (Wildman–Crippen MR) is 120 cm³/mol. The van der Waals surface area contributed by atoms with E-state index in [0.717, 1.165) is 40.1 Å². The number of aryl methyl sites for hydroxylation is 2. The lowest BCUT2D eigenvalue weighted by atomic mass is 10.0. The van der Waals surface area contributed by atoms with Crippen LogP contribution in [0.15, 0.2) is 48.5 Å². The first-order valence-electron chi connectivity index (χ1n) is 10.4. The molecule has 1 unspecified atom stereocenters. The molecule has 1 aliphatic rings. The van der Waals surface area contributed by atoms with E-state index in [1.165, 1.54) is 0 Å². The molecule has 1 atom stereocenters. The minimum absolute atomic E-state index is 0.00166. The zero-order valence-corrected chi connectivity index (χ0v) is 17.9.